The van der Waals surface area contributed by atoms with E-state index in [9.17, 15) is 14.7 Å². The van der Waals surface area contributed by atoms with E-state index in [1.54, 1.807) is 4.57 Å². The molecular weight excluding hydrogens is 336 g/mol. The van der Waals surface area contributed by atoms with Gasteiger partial charge in [-0.2, -0.15) is 0 Å². The predicted octanol–water partition coefficient (Wildman–Crippen LogP) is 4.11. The van der Waals surface area contributed by atoms with Crippen LogP contribution in [0, 0.1) is 0 Å². The van der Waals surface area contributed by atoms with Crippen molar-refractivity contribution in [2.75, 3.05) is 0 Å². The summed E-state index contributed by atoms with van der Waals surface area (Å²) in [4.78, 5) is 31.4. The molecule has 1 aliphatic rings. The summed E-state index contributed by atoms with van der Waals surface area (Å²) in [5.41, 5.74) is 0.713. The van der Waals surface area contributed by atoms with E-state index in [2.05, 4.69) is 6.92 Å². The van der Waals surface area contributed by atoms with Gasteiger partial charge in [0.1, 0.15) is 10.7 Å². The summed E-state index contributed by atoms with van der Waals surface area (Å²) >= 11 is 1.52. The second-order valence-corrected chi connectivity index (χ2v) is 7.88. The van der Waals surface area contributed by atoms with Crippen LogP contribution in [0.5, 0.6) is 0 Å². The van der Waals surface area contributed by atoms with Crippen LogP contribution in [0.1, 0.15) is 74.6 Å². The minimum atomic E-state index is -0.825. The van der Waals surface area contributed by atoms with Crippen LogP contribution in [-0.2, 0) is 24.2 Å². The Balaban J connectivity index is 2.11. The molecule has 0 aliphatic heterocycles. The first-order valence-electron chi connectivity index (χ1n) is 9.36. The van der Waals surface area contributed by atoms with E-state index < -0.39 is 11.9 Å². The van der Waals surface area contributed by atoms with Crippen molar-refractivity contribution in [1.29, 1.82) is 0 Å². The van der Waals surface area contributed by atoms with Crippen molar-refractivity contribution in [2.24, 2.45) is 0 Å². The Morgan fingerprint density at radius 2 is 2.12 bits per heavy atom. The van der Waals surface area contributed by atoms with Gasteiger partial charge in [0.15, 0.2) is 0 Å². The van der Waals surface area contributed by atoms with Crippen molar-refractivity contribution in [3.63, 3.8) is 0 Å². The lowest BCUT2D eigenvalue weighted by atomic mass is 9.86. The molecule has 0 aromatic carbocycles. The molecule has 136 valence electrons. The Bertz CT molecular complexity index is 837. The highest BCUT2D eigenvalue weighted by Crippen LogP contribution is 2.40. The fourth-order valence-electron chi connectivity index (χ4n) is 3.80. The summed E-state index contributed by atoms with van der Waals surface area (Å²) in [6, 6.07) is 0. The van der Waals surface area contributed by atoms with Crippen molar-refractivity contribution in [3.05, 3.63) is 26.6 Å². The number of rotatable bonds is 7. The maximum atomic E-state index is 13.2. The Morgan fingerprint density at radius 1 is 1.32 bits per heavy atom. The molecule has 0 fully saturated rings. The number of aliphatic carboxylic acids is 1. The molecule has 1 aliphatic carbocycles. The predicted molar refractivity (Wildman–Crippen MR) is 101 cm³/mol. The fraction of sp³-hybridized carbons (Fsp3) is 0.632. The Hall–Kier alpha value is -1.69. The van der Waals surface area contributed by atoms with Crippen molar-refractivity contribution in [2.45, 2.75) is 77.7 Å². The van der Waals surface area contributed by atoms with Crippen molar-refractivity contribution in [3.8, 4) is 0 Å². The van der Waals surface area contributed by atoms with Gasteiger partial charge in [0.2, 0.25) is 0 Å². The molecule has 0 spiro atoms. The molecule has 0 radical (unpaired) electrons. The summed E-state index contributed by atoms with van der Waals surface area (Å²) in [6.45, 7) is 4.86. The largest absolute Gasteiger partial charge is 0.481 e. The summed E-state index contributed by atoms with van der Waals surface area (Å²) in [5, 5.41) is 10.2. The Kier molecular flexibility index (Phi) is 5.57. The number of thiophene rings is 1. The quantitative estimate of drug-likeness (QED) is 0.753. The van der Waals surface area contributed by atoms with Gasteiger partial charge in [-0.25, -0.2) is 4.98 Å². The van der Waals surface area contributed by atoms with E-state index in [-0.39, 0.29) is 5.56 Å². The number of carbonyl (C=O) groups is 1. The second kappa shape index (κ2) is 7.68. The van der Waals surface area contributed by atoms with Crippen LogP contribution in [0.2, 0.25) is 0 Å². The van der Waals surface area contributed by atoms with Crippen molar-refractivity contribution < 1.29 is 9.90 Å². The van der Waals surface area contributed by atoms with Gasteiger partial charge in [-0.15, -0.1) is 11.3 Å². The molecule has 0 bridgehead atoms. The third-order valence-electron chi connectivity index (χ3n) is 5.10. The van der Waals surface area contributed by atoms with E-state index in [0.29, 0.717) is 24.8 Å². The molecular formula is C19H26N2O3S. The monoisotopic (exact) mass is 362 g/mol. The number of carboxylic acids is 1. The third kappa shape index (κ3) is 3.36. The molecule has 0 saturated heterocycles. The minimum absolute atomic E-state index is 0.0380. The smallest absolute Gasteiger partial charge is 0.311 e. The first-order valence-corrected chi connectivity index (χ1v) is 10.2. The van der Waals surface area contributed by atoms with Crippen LogP contribution in [0.3, 0.4) is 0 Å². The summed E-state index contributed by atoms with van der Waals surface area (Å²) in [5.74, 6) is -0.568. The molecule has 3 rings (SSSR count). The van der Waals surface area contributed by atoms with Gasteiger partial charge >= 0.3 is 5.97 Å². The van der Waals surface area contributed by atoms with Crippen molar-refractivity contribution in [1.82, 2.24) is 9.55 Å². The number of carboxylic acid groups (broad SMARTS) is 1. The standard InChI is InChI=1S/C19H26N2O3S/c1-3-5-6-7-11-21-14(4-2)20-17-16(18(21)22)15-12(19(23)24)9-8-10-13(15)25-17/h12H,3-11H2,1-2H3,(H,23,24). The van der Waals surface area contributed by atoms with Crippen LogP contribution in [0.25, 0.3) is 10.2 Å². The van der Waals surface area contributed by atoms with Crippen LogP contribution < -0.4 is 5.56 Å². The van der Waals surface area contributed by atoms with E-state index in [1.807, 2.05) is 6.92 Å². The average Bonchev–Trinajstić information content (AvgIpc) is 2.98. The van der Waals surface area contributed by atoms with E-state index in [1.165, 1.54) is 17.8 Å². The van der Waals surface area contributed by atoms with Crippen LogP contribution in [-0.4, -0.2) is 20.6 Å². The zero-order valence-corrected chi connectivity index (χ0v) is 15.8. The highest BCUT2D eigenvalue weighted by Gasteiger charge is 2.32. The molecule has 2 heterocycles. The highest BCUT2D eigenvalue weighted by molar-refractivity contribution is 7.18. The number of nitrogens with zero attached hydrogens (tertiary/aromatic N) is 2. The lowest BCUT2D eigenvalue weighted by Gasteiger charge is -2.19. The summed E-state index contributed by atoms with van der Waals surface area (Å²) < 4.78 is 1.79. The molecule has 1 unspecified atom stereocenters. The van der Waals surface area contributed by atoms with E-state index in [0.717, 1.165) is 53.2 Å². The average molecular weight is 362 g/mol. The molecule has 1 N–H and O–H groups in total. The van der Waals surface area contributed by atoms with Gasteiger partial charge in [0.25, 0.3) is 5.56 Å². The fourth-order valence-corrected chi connectivity index (χ4v) is 5.09. The van der Waals surface area contributed by atoms with E-state index in [4.69, 9.17) is 4.98 Å². The molecule has 2 aromatic rings. The molecule has 2 aromatic heterocycles. The molecule has 6 heteroatoms. The van der Waals surface area contributed by atoms with Gasteiger partial charge in [0.05, 0.1) is 11.3 Å². The number of unbranched alkanes of at least 4 members (excludes halogenated alkanes) is 3. The molecule has 0 saturated carbocycles. The van der Waals surface area contributed by atoms with Crippen LogP contribution in [0.15, 0.2) is 4.79 Å². The van der Waals surface area contributed by atoms with Gasteiger partial charge < -0.3 is 5.11 Å². The normalized spacial score (nSPS) is 17.0. The number of hydrogen-bond acceptors (Lipinski definition) is 4. The summed E-state index contributed by atoms with van der Waals surface area (Å²) in [6.07, 6.45) is 7.43. The number of fused-ring (bicyclic) bond motifs is 3. The topological polar surface area (TPSA) is 72.2 Å². The second-order valence-electron chi connectivity index (χ2n) is 6.80. The lowest BCUT2D eigenvalue weighted by molar-refractivity contribution is -0.139. The Labute approximate surface area is 151 Å². The third-order valence-corrected chi connectivity index (χ3v) is 6.26. The zero-order valence-electron chi connectivity index (χ0n) is 15.0. The van der Waals surface area contributed by atoms with Gasteiger partial charge in [-0.1, -0.05) is 33.1 Å². The number of hydrogen-bond donors (Lipinski definition) is 1. The van der Waals surface area contributed by atoms with E-state index >= 15 is 0 Å². The maximum Gasteiger partial charge on any atom is 0.311 e. The van der Waals surface area contributed by atoms with Gasteiger partial charge in [0, 0.05) is 17.8 Å². The number of aromatic nitrogens is 2. The van der Waals surface area contributed by atoms with Crippen LogP contribution in [0.4, 0.5) is 0 Å². The van der Waals surface area contributed by atoms with Gasteiger partial charge in [-0.05, 0) is 31.2 Å². The zero-order chi connectivity index (χ0) is 18.0. The number of aryl methyl sites for hydroxylation is 2. The molecule has 5 nitrogen and oxygen atoms in total. The minimum Gasteiger partial charge on any atom is -0.481 e. The first kappa shape index (κ1) is 18.1. The first-order chi connectivity index (χ1) is 12.1. The molecule has 0 amide bonds. The van der Waals surface area contributed by atoms with Crippen molar-refractivity contribution >= 4 is 27.5 Å². The summed E-state index contributed by atoms with van der Waals surface area (Å²) in [7, 11) is 0. The molecule has 1 atom stereocenters. The Morgan fingerprint density at radius 3 is 2.80 bits per heavy atom. The SMILES string of the molecule is CCCCCCn1c(CC)nc2sc3c(c2c1=O)C(C(=O)O)CCC3. The van der Waals surface area contributed by atoms with Crippen LogP contribution >= 0.6 is 11.3 Å². The molecule has 25 heavy (non-hydrogen) atoms. The highest BCUT2D eigenvalue weighted by atomic mass is 32.1. The maximum absolute atomic E-state index is 13.2. The van der Waals surface area contributed by atoms with Gasteiger partial charge in [-0.3, -0.25) is 14.2 Å². The lowest BCUT2D eigenvalue weighted by Crippen LogP contribution is -2.27.